The molecular formula is C19H19N5O2S. The maximum absolute atomic E-state index is 12.2. The van der Waals surface area contributed by atoms with Crippen molar-refractivity contribution in [3.8, 4) is 11.3 Å². The summed E-state index contributed by atoms with van der Waals surface area (Å²) in [5.41, 5.74) is 2.50. The third-order valence-electron chi connectivity index (χ3n) is 4.36. The second kappa shape index (κ2) is 8.13. The number of amides is 1. The summed E-state index contributed by atoms with van der Waals surface area (Å²) in [6, 6.07) is 7.79. The van der Waals surface area contributed by atoms with Gasteiger partial charge in [0.05, 0.1) is 24.5 Å². The van der Waals surface area contributed by atoms with Gasteiger partial charge in [-0.25, -0.2) is 9.78 Å². The van der Waals surface area contributed by atoms with Crippen LogP contribution in [0.2, 0.25) is 0 Å². The van der Waals surface area contributed by atoms with Crippen molar-refractivity contribution in [2.24, 2.45) is 0 Å². The second-order valence-corrected chi connectivity index (χ2v) is 6.95. The van der Waals surface area contributed by atoms with Gasteiger partial charge in [0.15, 0.2) is 0 Å². The molecule has 1 aliphatic heterocycles. The minimum absolute atomic E-state index is 0.148. The predicted molar refractivity (Wildman–Crippen MR) is 104 cm³/mol. The second-order valence-electron chi connectivity index (χ2n) is 6.17. The number of rotatable bonds is 5. The Morgan fingerprint density at radius 1 is 1.22 bits per heavy atom. The van der Waals surface area contributed by atoms with Crippen LogP contribution in [0.1, 0.15) is 12.1 Å². The predicted octanol–water partition coefficient (Wildman–Crippen LogP) is 3.11. The van der Waals surface area contributed by atoms with E-state index in [1.165, 1.54) is 0 Å². The monoisotopic (exact) mass is 381 g/mol. The Morgan fingerprint density at radius 2 is 2.15 bits per heavy atom. The molecule has 1 unspecified atom stereocenters. The van der Waals surface area contributed by atoms with Gasteiger partial charge in [0.1, 0.15) is 11.9 Å². The summed E-state index contributed by atoms with van der Waals surface area (Å²) in [6.07, 6.45) is 5.24. The molecule has 0 aromatic carbocycles. The van der Waals surface area contributed by atoms with Crippen LogP contribution in [0.5, 0.6) is 0 Å². The highest BCUT2D eigenvalue weighted by atomic mass is 32.1. The number of pyridine rings is 1. The average Bonchev–Trinajstić information content (AvgIpc) is 3.40. The first-order valence-corrected chi connectivity index (χ1v) is 9.67. The number of hydrogen-bond acceptors (Lipinski definition) is 7. The van der Waals surface area contributed by atoms with Crippen LogP contribution in [0.25, 0.3) is 11.3 Å². The summed E-state index contributed by atoms with van der Waals surface area (Å²) >= 11 is 1.60. The zero-order chi connectivity index (χ0) is 18.5. The van der Waals surface area contributed by atoms with Crippen LogP contribution in [0, 0.1) is 0 Å². The molecule has 0 radical (unpaired) electrons. The number of nitrogens with one attached hydrogen (secondary N) is 1. The number of ether oxygens (including phenoxy) is 1. The van der Waals surface area contributed by atoms with Gasteiger partial charge in [-0.2, -0.15) is 11.3 Å². The molecule has 1 saturated heterocycles. The van der Waals surface area contributed by atoms with Crippen molar-refractivity contribution in [1.82, 2.24) is 20.3 Å². The Balaban J connectivity index is 1.31. The lowest BCUT2D eigenvalue weighted by atomic mass is 10.2. The van der Waals surface area contributed by atoms with E-state index >= 15 is 0 Å². The number of aromatic nitrogens is 3. The molecule has 1 fully saturated rings. The Bertz CT molecular complexity index is 888. The first-order valence-electron chi connectivity index (χ1n) is 8.72. The standard InChI is InChI=1S/C19H19N5O2S/c25-19(26-15-4-9-24(12-15)17-3-1-2-6-21-17)23-11-16-18(22-8-7-20-16)14-5-10-27-13-14/h1-3,5-8,10,13,15H,4,9,11-12H2,(H,23,25). The van der Waals surface area contributed by atoms with Crippen molar-refractivity contribution in [2.75, 3.05) is 18.0 Å². The first-order chi connectivity index (χ1) is 13.3. The van der Waals surface area contributed by atoms with Crippen LogP contribution in [-0.2, 0) is 11.3 Å². The van der Waals surface area contributed by atoms with Crippen molar-refractivity contribution in [1.29, 1.82) is 0 Å². The number of carbonyl (C=O) groups is 1. The topological polar surface area (TPSA) is 80.2 Å². The fourth-order valence-electron chi connectivity index (χ4n) is 3.06. The summed E-state index contributed by atoms with van der Waals surface area (Å²) in [6.45, 7) is 1.74. The summed E-state index contributed by atoms with van der Waals surface area (Å²) in [4.78, 5) is 27.4. The third-order valence-corrected chi connectivity index (χ3v) is 5.04. The van der Waals surface area contributed by atoms with Gasteiger partial charge < -0.3 is 15.0 Å². The fraction of sp³-hybridized carbons (Fsp3) is 0.263. The zero-order valence-electron chi connectivity index (χ0n) is 14.6. The number of hydrogen-bond donors (Lipinski definition) is 1. The molecular weight excluding hydrogens is 362 g/mol. The summed E-state index contributed by atoms with van der Waals surface area (Å²) in [5.74, 6) is 0.906. The zero-order valence-corrected chi connectivity index (χ0v) is 15.4. The third kappa shape index (κ3) is 4.22. The van der Waals surface area contributed by atoms with Crippen LogP contribution in [0.3, 0.4) is 0 Å². The summed E-state index contributed by atoms with van der Waals surface area (Å²) < 4.78 is 5.55. The molecule has 1 atom stereocenters. The van der Waals surface area contributed by atoms with Crippen LogP contribution in [0.15, 0.2) is 53.6 Å². The summed E-state index contributed by atoms with van der Waals surface area (Å²) in [7, 11) is 0. The highest BCUT2D eigenvalue weighted by Crippen LogP contribution is 2.22. The SMILES string of the molecule is O=C(NCc1nccnc1-c1ccsc1)OC1CCN(c2ccccn2)C1. The largest absolute Gasteiger partial charge is 0.444 e. The summed E-state index contributed by atoms with van der Waals surface area (Å²) in [5, 5.41) is 6.79. The van der Waals surface area contributed by atoms with Crippen LogP contribution in [0.4, 0.5) is 10.6 Å². The van der Waals surface area contributed by atoms with E-state index in [4.69, 9.17) is 4.74 Å². The molecule has 8 heteroatoms. The lowest BCUT2D eigenvalue weighted by Gasteiger charge is -2.17. The Kier molecular flexibility index (Phi) is 5.24. The number of carbonyl (C=O) groups excluding carboxylic acids is 1. The van der Waals surface area contributed by atoms with E-state index < -0.39 is 6.09 Å². The van der Waals surface area contributed by atoms with E-state index in [0.717, 1.165) is 35.7 Å². The van der Waals surface area contributed by atoms with Crippen molar-refractivity contribution in [2.45, 2.75) is 19.1 Å². The van der Waals surface area contributed by atoms with Crippen molar-refractivity contribution in [3.63, 3.8) is 0 Å². The van der Waals surface area contributed by atoms with E-state index in [9.17, 15) is 4.79 Å². The van der Waals surface area contributed by atoms with Gasteiger partial charge >= 0.3 is 6.09 Å². The minimum Gasteiger partial charge on any atom is -0.444 e. The normalized spacial score (nSPS) is 16.3. The first kappa shape index (κ1) is 17.4. The molecule has 0 bridgehead atoms. The molecule has 3 aromatic rings. The molecule has 1 N–H and O–H groups in total. The highest BCUT2D eigenvalue weighted by molar-refractivity contribution is 7.08. The van der Waals surface area contributed by atoms with Crippen LogP contribution in [-0.4, -0.2) is 40.2 Å². The van der Waals surface area contributed by atoms with E-state index in [-0.39, 0.29) is 12.6 Å². The maximum Gasteiger partial charge on any atom is 0.407 e. The van der Waals surface area contributed by atoms with Gasteiger partial charge in [-0.1, -0.05) is 6.07 Å². The van der Waals surface area contributed by atoms with Crippen LogP contribution < -0.4 is 10.2 Å². The highest BCUT2D eigenvalue weighted by Gasteiger charge is 2.26. The maximum atomic E-state index is 12.2. The average molecular weight is 381 g/mol. The molecule has 4 heterocycles. The molecule has 0 spiro atoms. The van der Waals surface area contributed by atoms with Gasteiger partial charge in [0.25, 0.3) is 0 Å². The Morgan fingerprint density at radius 3 is 2.96 bits per heavy atom. The number of alkyl carbamates (subject to hydrolysis) is 1. The minimum atomic E-state index is -0.440. The quantitative estimate of drug-likeness (QED) is 0.731. The van der Waals surface area contributed by atoms with E-state index in [2.05, 4.69) is 25.2 Å². The van der Waals surface area contributed by atoms with Gasteiger partial charge in [0, 0.05) is 42.5 Å². The molecule has 0 aliphatic carbocycles. The Hall–Kier alpha value is -3.00. The van der Waals surface area contributed by atoms with E-state index in [0.29, 0.717) is 6.54 Å². The van der Waals surface area contributed by atoms with Gasteiger partial charge in [-0.05, 0) is 23.6 Å². The molecule has 1 aliphatic rings. The Labute approximate surface area is 161 Å². The smallest absolute Gasteiger partial charge is 0.407 e. The molecule has 1 amide bonds. The molecule has 0 saturated carbocycles. The van der Waals surface area contributed by atoms with Crippen molar-refractivity contribution >= 4 is 23.2 Å². The van der Waals surface area contributed by atoms with E-state index in [1.807, 2.05) is 35.0 Å². The van der Waals surface area contributed by atoms with Crippen LogP contribution >= 0.6 is 11.3 Å². The number of thiophene rings is 1. The van der Waals surface area contributed by atoms with Crippen molar-refractivity contribution < 1.29 is 9.53 Å². The molecule has 138 valence electrons. The van der Waals surface area contributed by atoms with Gasteiger partial charge in [-0.3, -0.25) is 9.97 Å². The fourth-order valence-corrected chi connectivity index (χ4v) is 3.70. The lowest BCUT2D eigenvalue weighted by molar-refractivity contribution is 0.107. The molecule has 27 heavy (non-hydrogen) atoms. The van der Waals surface area contributed by atoms with Crippen molar-refractivity contribution in [3.05, 3.63) is 59.3 Å². The molecule has 7 nitrogen and oxygen atoms in total. The van der Waals surface area contributed by atoms with Gasteiger partial charge in [-0.15, -0.1) is 0 Å². The lowest BCUT2D eigenvalue weighted by Crippen LogP contribution is -2.31. The number of nitrogens with zero attached hydrogens (tertiary/aromatic N) is 4. The molecule has 4 rings (SSSR count). The number of anilines is 1. The molecule has 3 aromatic heterocycles. The van der Waals surface area contributed by atoms with E-state index in [1.54, 1.807) is 29.9 Å². The van der Waals surface area contributed by atoms with Gasteiger partial charge in [0.2, 0.25) is 0 Å².